The minimum absolute atomic E-state index is 0.00401. The van der Waals surface area contributed by atoms with Crippen LogP contribution in [0.25, 0.3) is 0 Å². The molecule has 1 aromatic carbocycles. The highest BCUT2D eigenvalue weighted by Crippen LogP contribution is 2.18. The quantitative estimate of drug-likeness (QED) is 0.848. The summed E-state index contributed by atoms with van der Waals surface area (Å²) in [6.45, 7) is 3.77. The second kappa shape index (κ2) is 6.26. The summed E-state index contributed by atoms with van der Waals surface area (Å²) in [6, 6.07) is 7.89. The smallest absolute Gasteiger partial charge is 0.224 e. The first-order chi connectivity index (χ1) is 7.54. The molecule has 0 saturated heterocycles. The van der Waals surface area contributed by atoms with E-state index < -0.39 is 0 Å². The molecule has 1 unspecified atom stereocenters. The molecule has 1 amide bonds. The van der Waals surface area contributed by atoms with Gasteiger partial charge in [0.15, 0.2) is 0 Å². The molecule has 4 heteroatoms. The zero-order chi connectivity index (χ0) is 12.1. The van der Waals surface area contributed by atoms with E-state index in [9.17, 15) is 4.79 Å². The molecule has 2 atom stereocenters. The number of benzene rings is 1. The van der Waals surface area contributed by atoms with Crippen molar-refractivity contribution >= 4 is 33.4 Å². The van der Waals surface area contributed by atoms with E-state index in [1.807, 2.05) is 38.1 Å². The maximum atomic E-state index is 11.6. The van der Waals surface area contributed by atoms with Crippen LogP contribution in [-0.2, 0) is 4.79 Å². The largest absolute Gasteiger partial charge is 0.349 e. The van der Waals surface area contributed by atoms with Crippen molar-refractivity contribution < 1.29 is 4.79 Å². The summed E-state index contributed by atoms with van der Waals surface area (Å²) in [5.74, 6) is 0.176. The van der Waals surface area contributed by atoms with Gasteiger partial charge in [0.2, 0.25) is 5.91 Å². The summed E-state index contributed by atoms with van der Waals surface area (Å²) in [6.07, 6.45) is 0. The molecule has 2 nitrogen and oxygen atoms in total. The minimum Gasteiger partial charge on any atom is -0.349 e. The van der Waals surface area contributed by atoms with E-state index >= 15 is 0 Å². The highest BCUT2D eigenvalue weighted by molar-refractivity contribution is 9.10. The van der Waals surface area contributed by atoms with Crippen molar-refractivity contribution in [1.82, 2.24) is 5.32 Å². The van der Waals surface area contributed by atoms with E-state index in [1.165, 1.54) is 0 Å². The minimum atomic E-state index is -0.156. The standard InChI is InChI=1S/C12H15BrClNO/c1-8(7-14)12(16)15-9(2)10-4-3-5-11(13)6-10/h3-6,8-9H,7H2,1-2H3,(H,15,16)/t8?,9-/m1/s1. The van der Waals surface area contributed by atoms with Crippen molar-refractivity contribution in [3.05, 3.63) is 34.3 Å². The Kier molecular flexibility index (Phi) is 5.29. The van der Waals surface area contributed by atoms with Crippen LogP contribution in [0.4, 0.5) is 0 Å². The van der Waals surface area contributed by atoms with Crippen molar-refractivity contribution in [2.45, 2.75) is 19.9 Å². The fourth-order valence-electron chi connectivity index (χ4n) is 1.28. The molecule has 0 radical (unpaired) electrons. The van der Waals surface area contributed by atoms with Crippen molar-refractivity contribution in [2.24, 2.45) is 5.92 Å². The number of carbonyl (C=O) groups excluding carboxylic acids is 1. The highest BCUT2D eigenvalue weighted by Gasteiger charge is 2.15. The van der Waals surface area contributed by atoms with Gasteiger partial charge in [-0.2, -0.15) is 0 Å². The zero-order valence-corrected chi connectivity index (χ0v) is 11.7. The Hall–Kier alpha value is -0.540. The van der Waals surface area contributed by atoms with Gasteiger partial charge in [-0.05, 0) is 24.6 Å². The number of hydrogen-bond acceptors (Lipinski definition) is 1. The normalized spacial score (nSPS) is 14.2. The first kappa shape index (κ1) is 13.5. The molecule has 0 aliphatic heterocycles. The number of rotatable bonds is 4. The van der Waals surface area contributed by atoms with E-state index in [-0.39, 0.29) is 17.9 Å². The van der Waals surface area contributed by atoms with E-state index in [1.54, 1.807) is 0 Å². The van der Waals surface area contributed by atoms with Crippen LogP contribution in [0.2, 0.25) is 0 Å². The van der Waals surface area contributed by atoms with Crippen LogP contribution in [0.1, 0.15) is 25.5 Å². The van der Waals surface area contributed by atoms with Crippen LogP contribution in [-0.4, -0.2) is 11.8 Å². The van der Waals surface area contributed by atoms with Gasteiger partial charge in [-0.25, -0.2) is 0 Å². The number of alkyl halides is 1. The second-order valence-electron chi connectivity index (χ2n) is 3.84. The lowest BCUT2D eigenvalue weighted by Crippen LogP contribution is -2.32. The van der Waals surface area contributed by atoms with Gasteiger partial charge in [0, 0.05) is 16.3 Å². The van der Waals surface area contributed by atoms with E-state index in [0.717, 1.165) is 10.0 Å². The van der Waals surface area contributed by atoms with Crippen LogP contribution in [0.5, 0.6) is 0 Å². The SMILES string of the molecule is CC(CCl)C(=O)N[C@H](C)c1cccc(Br)c1. The van der Waals surface area contributed by atoms with Crippen LogP contribution in [0.3, 0.4) is 0 Å². The topological polar surface area (TPSA) is 29.1 Å². The maximum Gasteiger partial charge on any atom is 0.224 e. The number of nitrogens with one attached hydrogen (secondary N) is 1. The number of amides is 1. The molecule has 0 fully saturated rings. The predicted molar refractivity (Wildman–Crippen MR) is 70.6 cm³/mol. The van der Waals surface area contributed by atoms with Crippen LogP contribution in [0, 0.1) is 5.92 Å². The summed E-state index contributed by atoms with van der Waals surface area (Å²) in [7, 11) is 0. The molecule has 0 aliphatic carbocycles. The third-order valence-electron chi connectivity index (χ3n) is 2.39. The van der Waals surface area contributed by atoms with Crippen molar-refractivity contribution in [1.29, 1.82) is 0 Å². The molecule has 1 aromatic rings. The lowest BCUT2D eigenvalue weighted by atomic mass is 10.1. The highest BCUT2D eigenvalue weighted by atomic mass is 79.9. The zero-order valence-electron chi connectivity index (χ0n) is 9.34. The average molecular weight is 305 g/mol. The van der Waals surface area contributed by atoms with Crippen molar-refractivity contribution in [3.63, 3.8) is 0 Å². The Morgan fingerprint density at radius 1 is 1.50 bits per heavy atom. The molecular weight excluding hydrogens is 289 g/mol. The summed E-state index contributed by atoms with van der Waals surface area (Å²) in [5.41, 5.74) is 1.07. The summed E-state index contributed by atoms with van der Waals surface area (Å²) < 4.78 is 1.01. The maximum absolute atomic E-state index is 11.6. The molecule has 0 aromatic heterocycles. The van der Waals surface area contributed by atoms with E-state index in [0.29, 0.717) is 5.88 Å². The fourth-order valence-corrected chi connectivity index (χ4v) is 1.84. The monoisotopic (exact) mass is 303 g/mol. The molecular formula is C12H15BrClNO. The molecule has 0 saturated carbocycles. The van der Waals surface area contributed by atoms with E-state index in [2.05, 4.69) is 21.2 Å². The number of halogens is 2. The van der Waals surface area contributed by atoms with Crippen LogP contribution >= 0.6 is 27.5 Å². The van der Waals surface area contributed by atoms with Crippen molar-refractivity contribution in [3.8, 4) is 0 Å². The molecule has 0 bridgehead atoms. The predicted octanol–water partition coefficient (Wildman–Crippen LogP) is 3.50. The number of hydrogen-bond donors (Lipinski definition) is 1. The van der Waals surface area contributed by atoms with Crippen LogP contribution < -0.4 is 5.32 Å². The summed E-state index contributed by atoms with van der Waals surface area (Å²) >= 11 is 9.04. The van der Waals surface area contributed by atoms with Gasteiger partial charge >= 0.3 is 0 Å². The van der Waals surface area contributed by atoms with E-state index in [4.69, 9.17) is 11.6 Å². The van der Waals surface area contributed by atoms with Gasteiger partial charge in [-0.3, -0.25) is 4.79 Å². The second-order valence-corrected chi connectivity index (χ2v) is 5.06. The number of carbonyl (C=O) groups is 1. The Morgan fingerprint density at radius 2 is 2.19 bits per heavy atom. The van der Waals surface area contributed by atoms with Crippen LogP contribution in [0.15, 0.2) is 28.7 Å². The molecule has 0 spiro atoms. The molecule has 0 heterocycles. The molecule has 16 heavy (non-hydrogen) atoms. The first-order valence-electron chi connectivity index (χ1n) is 5.16. The Labute approximate surface area is 110 Å². The van der Waals surface area contributed by atoms with Gasteiger partial charge < -0.3 is 5.32 Å². The third kappa shape index (κ3) is 3.80. The van der Waals surface area contributed by atoms with Gasteiger partial charge in [-0.15, -0.1) is 11.6 Å². The Morgan fingerprint density at radius 3 is 2.75 bits per heavy atom. The van der Waals surface area contributed by atoms with Crippen molar-refractivity contribution in [2.75, 3.05) is 5.88 Å². The first-order valence-corrected chi connectivity index (χ1v) is 6.49. The Balaban J connectivity index is 2.65. The third-order valence-corrected chi connectivity index (χ3v) is 3.34. The summed E-state index contributed by atoms with van der Waals surface area (Å²) in [5, 5.41) is 2.93. The van der Waals surface area contributed by atoms with Gasteiger partial charge in [0.05, 0.1) is 6.04 Å². The van der Waals surface area contributed by atoms with Gasteiger partial charge in [0.25, 0.3) is 0 Å². The Bertz CT molecular complexity index is 370. The molecule has 1 N–H and O–H groups in total. The average Bonchev–Trinajstić information content (AvgIpc) is 2.27. The molecule has 88 valence electrons. The fraction of sp³-hybridized carbons (Fsp3) is 0.417. The van der Waals surface area contributed by atoms with Gasteiger partial charge in [-0.1, -0.05) is 35.0 Å². The molecule has 0 aliphatic rings. The molecule has 1 rings (SSSR count). The lowest BCUT2D eigenvalue weighted by Gasteiger charge is -2.16. The summed E-state index contributed by atoms with van der Waals surface area (Å²) in [4.78, 5) is 11.6. The lowest BCUT2D eigenvalue weighted by molar-refractivity contribution is -0.124. The van der Waals surface area contributed by atoms with Gasteiger partial charge in [0.1, 0.15) is 0 Å².